The maximum atomic E-state index is 13.5. The highest BCUT2D eigenvalue weighted by Crippen LogP contribution is 2.60. The summed E-state index contributed by atoms with van der Waals surface area (Å²) >= 11 is 0. The van der Waals surface area contributed by atoms with Gasteiger partial charge in [-0.05, 0) is 40.5 Å². The molecule has 1 aliphatic heterocycles. The van der Waals surface area contributed by atoms with Crippen LogP contribution in [0.1, 0.15) is 44.4 Å². The SMILES string of the molecule is COc1cccc(C(=O)OCCN2C(=O)[C@@H]3C4c5ccccc5C(c5ccccc54)[C@@H]3C2=O)c1. The van der Waals surface area contributed by atoms with Gasteiger partial charge in [0.15, 0.2) is 0 Å². The van der Waals surface area contributed by atoms with Crippen LogP contribution in [0.2, 0.25) is 0 Å². The van der Waals surface area contributed by atoms with E-state index in [2.05, 4.69) is 24.3 Å². The maximum Gasteiger partial charge on any atom is 0.338 e. The van der Waals surface area contributed by atoms with Crippen molar-refractivity contribution in [1.29, 1.82) is 0 Å². The highest BCUT2D eigenvalue weighted by molar-refractivity contribution is 6.07. The van der Waals surface area contributed by atoms with Gasteiger partial charge in [-0.15, -0.1) is 0 Å². The van der Waals surface area contributed by atoms with Crippen molar-refractivity contribution in [2.24, 2.45) is 11.8 Å². The molecular weight excluding hydrogens is 430 g/mol. The molecule has 0 aromatic heterocycles. The molecule has 34 heavy (non-hydrogen) atoms. The minimum Gasteiger partial charge on any atom is -0.497 e. The highest BCUT2D eigenvalue weighted by Gasteiger charge is 2.61. The van der Waals surface area contributed by atoms with E-state index >= 15 is 0 Å². The summed E-state index contributed by atoms with van der Waals surface area (Å²) in [5, 5.41) is 0. The molecule has 2 bridgehead atoms. The fourth-order valence-corrected chi connectivity index (χ4v) is 6.02. The monoisotopic (exact) mass is 453 g/mol. The first-order chi connectivity index (χ1) is 16.6. The summed E-state index contributed by atoms with van der Waals surface area (Å²) in [5.74, 6) is -1.43. The van der Waals surface area contributed by atoms with Crippen molar-refractivity contribution in [2.75, 3.05) is 20.3 Å². The summed E-state index contributed by atoms with van der Waals surface area (Å²) in [4.78, 5) is 40.8. The first-order valence-corrected chi connectivity index (χ1v) is 11.4. The number of likely N-dealkylation sites (tertiary alicyclic amines) is 1. The maximum absolute atomic E-state index is 13.5. The molecule has 0 saturated carbocycles. The lowest BCUT2D eigenvalue weighted by atomic mass is 9.55. The number of methoxy groups -OCH3 is 1. The molecule has 1 heterocycles. The Morgan fingerprint density at radius 3 is 1.82 bits per heavy atom. The molecule has 0 unspecified atom stereocenters. The Morgan fingerprint density at radius 1 is 0.794 bits per heavy atom. The molecule has 7 rings (SSSR count). The Hall–Kier alpha value is -3.93. The molecule has 3 aliphatic carbocycles. The standard InChI is InChI=1S/C28H23NO5/c1-33-17-8-6-7-16(15-17)28(32)34-14-13-29-26(30)24-22-18-9-2-3-10-19(18)23(25(24)27(29)31)21-12-5-4-11-20(21)22/h2-12,15,22-25H,13-14H2,1H3/t22?,23?,24-,25+. The van der Waals surface area contributed by atoms with Gasteiger partial charge in [-0.25, -0.2) is 4.79 Å². The number of nitrogens with zero attached hydrogens (tertiary/aromatic N) is 1. The lowest BCUT2D eigenvalue weighted by Gasteiger charge is -2.45. The minimum absolute atomic E-state index is 0.0481. The van der Waals surface area contributed by atoms with Gasteiger partial charge < -0.3 is 9.47 Å². The molecule has 0 N–H and O–H groups in total. The van der Waals surface area contributed by atoms with Crippen molar-refractivity contribution in [3.05, 3.63) is 101 Å². The summed E-state index contributed by atoms with van der Waals surface area (Å²) < 4.78 is 10.5. The quantitative estimate of drug-likeness (QED) is 0.435. The van der Waals surface area contributed by atoms with E-state index in [1.54, 1.807) is 24.3 Å². The number of imide groups is 1. The lowest BCUT2D eigenvalue weighted by Crippen LogP contribution is -2.41. The molecule has 0 spiro atoms. The number of benzene rings is 3. The average molecular weight is 453 g/mol. The number of rotatable bonds is 5. The van der Waals surface area contributed by atoms with Gasteiger partial charge in [0.2, 0.25) is 11.8 Å². The third-order valence-electron chi connectivity index (χ3n) is 7.39. The van der Waals surface area contributed by atoms with Crippen LogP contribution in [0.3, 0.4) is 0 Å². The minimum atomic E-state index is -0.518. The van der Waals surface area contributed by atoms with Crippen molar-refractivity contribution in [3.8, 4) is 5.75 Å². The summed E-state index contributed by atoms with van der Waals surface area (Å²) in [5.41, 5.74) is 4.91. The Labute approximate surface area is 197 Å². The Morgan fingerprint density at radius 2 is 1.32 bits per heavy atom. The van der Waals surface area contributed by atoms with E-state index in [1.807, 2.05) is 24.3 Å². The van der Waals surface area contributed by atoms with Gasteiger partial charge in [0.05, 0.1) is 31.1 Å². The molecule has 170 valence electrons. The van der Waals surface area contributed by atoms with Gasteiger partial charge in [-0.3, -0.25) is 14.5 Å². The Balaban J connectivity index is 1.25. The van der Waals surface area contributed by atoms with Crippen LogP contribution < -0.4 is 4.74 Å². The van der Waals surface area contributed by atoms with E-state index in [4.69, 9.17) is 9.47 Å². The second-order valence-electron chi connectivity index (χ2n) is 8.96. The Kier molecular flexibility index (Phi) is 4.76. The van der Waals surface area contributed by atoms with Crippen molar-refractivity contribution >= 4 is 17.8 Å². The summed E-state index contributed by atoms with van der Waals surface area (Å²) in [7, 11) is 1.53. The molecule has 1 saturated heterocycles. The molecule has 2 amide bonds. The van der Waals surface area contributed by atoms with Gasteiger partial charge in [0.25, 0.3) is 0 Å². The van der Waals surface area contributed by atoms with E-state index in [0.717, 1.165) is 22.3 Å². The lowest BCUT2D eigenvalue weighted by molar-refractivity contribution is -0.140. The zero-order chi connectivity index (χ0) is 23.4. The number of amides is 2. The van der Waals surface area contributed by atoms with Gasteiger partial charge in [0, 0.05) is 11.8 Å². The first kappa shape index (κ1) is 20.7. The van der Waals surface area contributed by atoms with Crippen molar-refractivity contribution in [2.45, 2.75) is 11.8 Å². The molecular formula is C28H23NO5. The molecule has 6 nitrogen and oxygen atoms in total. The zero-order valence-corrected chi connectivity index (χ0v) is 18.6. The summed E-state index contributed by atoms with van der Waals surface area (Å²) in [6.45, 7) is -0.00526. The van der Waals surface area contributed by atoms with Crippen LogP contribution in [0.15, 0.2) is 72.8 Å². The fourth-order valence-electron chi connectivity index (χ4n) is 6.02. The Bertz CT molecular complexity index is 1220. The van der Waals surface area contributed by atoms with Gasteiger partial charge >= 0.3 is 5.97 Å². The third-order valence-corrected chi connectivity index (χ3v) is 7.39. The van der Waals surface area contributed by atoms with Crippen LogP contribution in [0, 0.1) is 11.8 Å². The summed E-state index contributed by atoms with van der Waals surface area (Å²) in [6, 6.07) is 23.0. The third kappa shape index (κ3) is 2.91. The predicted molar refractivity (Wildman–Crippen MR) is 124 cm³/mol. The van der Waals surface area contributed by atoms with E-state index < -0.39 is 17.8 Å². The number of ether oxygens (including phenoxy) is 2. The highest BCUT2D eigenvalue weighted by atomic mass is 16.5. The molecule has 6 heteroatoms. The molecule has 1 fully saturated rings. The number of esters is 1. The molecule has 4 aliphatic rings. The second kappa shape index (κ2) is 7.83. The molecule has 3 aromatic carbocycles. The average Bonchev–Trinajstić information content (AvgIpc) is 3.14. The predicted octanol–water partition coefficient (Wildman–Crippen LogP) is 3.74. The zero-order valence-electron chi connectivity index (χ0n) is 18.6. The van der Waals surface area contributed by atoms with E-state index in [0.29, 0.717) is 11.3 Å². The number of hydrogen-bond acceptors (Lipinski definition) is 5. The summed E-state index contributed by atoms with van der Waals surface area (Å²) in [6.07, 6.45) is 0. The van der Waals surface area contributed by atoms with Crippen LogP contribution in [0.4, 0.5) is 0 Å². The van der Waals surface area contributed by atoms with Crippen LogP contribution in [-0.4, -0.2) is 42.9 Å². The van der Waals surface area contributed by atoms with Crippen LogP contribution >= 0.6 is 0 Å². The molecule has 3 aromatic rings. The van der Waals surface area contributed by atoms with E-state index in [1.165, 1.54) is 12.0 Å². The topological polar surface area (TPSA) is 72.9 Å². The number of carbonyl (C=O) groups excluding carboxylic acids is 3. The van der Waals surface area contributed by atoms with E-state index in [9.17, 15) is 14.4 Å². The molecule has 2 atom stereocenters. The number of carbonyl (C=O) groups is 3. The normalized spacial score (nSPS) is 23.9. The second-order valence-corrected chi connectivity index (χ2v) is 8.96. The fraction of sp³-hybridized carbons (Fsp3) is 0.250. The van der Waals surface area contributed by atoms with Gasteiger partial charge in [0.1, 0.15) is 12.4 Å². The van der Waals surface area contributed by atoms with Crippen LogP contribution in [-0.2, 0) is 14.3 Å². The van der Waals surface area contributed by atoms with Crippen LogP contribution in [0.25, 0.3) is 0 Å². The van der Waals surface area contributed by atoms with Crippen molar-refractivity contribution < 1.29 is 23.9 Å². The van der Waals surface area contributed by atoms with E-state index in [-0.39, 0.29) is 36.8 Å². The number of hydrogen-bond donors (Lipinski definition) is 0. The van der Waals surface area contributed by atoms with Gasteiger partial charge in [-0.2, -0.15) is 0 Å². The molecule has 0 radical (unpaired) electrons. The van der Waals surface area contributed by atoms with Crippen molar-refractivity contribution in [1.82, 2.24) is 4.90 Å². The smallest absolute Gasteiger partial charge is 0.338 e. The largest absolute Gasteiger partial charge is 0.497 e. The van der Waals surface area contributed by atoms with Gasteiger partial charge in [-0.1, -0.05) is 54.6 Å². The van der Waals surface area contributed by atoms with Crippen molar-refractivity contribution in [3.63, 3.8) is 0 Å². The first-order valence-electron chi connectivity index (χ1n) is 11.4. The van der Waals surface area contributed by atoms with Crippen LogP contribution in [0.5, 0.6) is 5.75 Å².